The van der Waals surface area contributed by atoms with Crippen LogP contribution in [-0.2, 0) is 16.0 Å². The number of nitrogens with one attached hydrogen (secondary N) is 2. The summed E-state index contributed by atoms with van der Waals surface area (Å²) in [4.78, 5) is 43.8. The molecule has 0 aliphatic carbocycles. The first-order valence-corrected chi connectivity index (χ1v) is 12.6. The van der Waals surface area contributed by atoms with E-state index in [1.807, 2.05) is 45.0 Å². The summed E-state index contributed by atoms with van der Waals surface area (Å²) in [5, 5.41) is 8.24. The zero-order chi connectivity index (χ0) is 25.5. The number of hydrogen-bond acceptors (Lipinski definition) is 5. The molecule has 0 aliphatic rings. The molecule has 2 N–H and O–H groups in total. The van der Waals surface area contributed by atoms with Gasteiger partial charge < -0.3 is 15.5 Å². The molecule has 0 saturated heterocycles. The second-order valence-electron chi connectivity index (χ2n) is 8.49. The van der Waals surface area contributed by atoms with Crippen LogP contribution in [0.15, 0.2) is 47.8 Å². The number of hydrogen-bond donors (Lipinski definition) is 2. The Bertz CT molecular complexity index is 1210. The Morgan fingerprint density at radius 1 is 1.00 bits per heavy atom. The Morgan fingerprint density at radius 3 is 2.37 bits per heavy atom. The average molecular weight is 533 g/mol. The van der Waals surface area contributed by atoms with Gasteiger partial charge in [-0.2, -0.15) is 0 Å². The molecular formula is C25H26Cl2N4O3S. The van der Waals surface area contributed by atoms with Crippen LogP contribution < -0.4 is 10.6 Å². The lowest BCUT2D eigenvalue weighted by Gasteiger charge is -2.24. The number of thiazole rings is 1. The SMILES string of the molecule is Cc1ccc(NC(=O)Cc2csc(NC(=O)CN(CC(C)C)C(=O)c3ccc(Cl)c(Cl)c3)n2)cc1. The third kappa shape index (κ3) is 8.06. The second kappa shape index (κ2) is 12.2. The number of aryl methyl sites for hydroxylation is 1. The smallest absolute Gasteiger partial charge is 0.254 e. The van der Waals surface area contributed by atoms with Crippen LogP contribution in [0.2, 0.25) is 10.0 Å². The summed E-state index contributed by atoms with van der Waals surface area (Å²) in [6, 6.07) is 12.1. The maximum Gasteiger partial charge on any atom is 0.254 e. The quantitative estimate of drug-likeness (QED) is 0.371. The fourth-order valence-corrected chi connectivity index (χ4v) is 4.28. The largest absolute Gasteiger partial charge is 0.329 e. The van der Waals surface area contributed by atoms with Crippen LogP contribution in [0.4, 0.5) is 10.8 Å². The fourth-order valence-electron chi connectivity index (χ4n) is 3.26. The number of nitrogens with zero attached hydrogens (tertiary/aromatic N) is 2. The molecule has 3 amide bonds. The van der Waals surface area contributed by atoms with Crippen LogP contribution in [0.3, 0.4) is 0 Å². The van der Waals surface area contributed by atoms with Crippen LogP contribution >= 0.6 is 34.5 Å². The van der Waals surface area contributed by atoms with Crippen LogP contribution in [0.5, 0.6) is 0 Å². The molecular weight excluding hydrogens is 507 g/mol. The number of halogens is 2. The molecule has 0 aliphatic heterocycles. The summed E-state index contributed by atoms with van der Waals surface area (Å²) in [6.07, 6.45) is 0.0789. The molecule has 10 heteroatoms. The molecule has 1 heterocycles. The van der Waals surface area contributed by atoms with Crippen LogP contribution in [0.25, 0.3) is 0 Å². The highest BCUT2D eigenvalue weighted by Crippen LogP contribution is 2.24. The van der Waals surface area contributed by atoms with E-state index in [-0.39, 0.29) is 41.6 Å². The molecule has 0 atom stereocenters. The Morgan fingerprint density at radius 2 is 1.71 bits per heavy atom. The predicted octanol–water partition coefficient (Wildman–Crippen LogP) is 5.68. The van der Waals surface area contributed by atoms with Crippen molar-refractivity contribution < 1.29 is 14.4 Å². The summed E-state index contributed by atoms with van der Waals surface area (Å²) < 4.78 is 0. The van der Waals surface area contributed by atoms with Gasteiger partial charge in [-0.3, -0.25) is 14.4 Å². The third-order valence-electron chi connectivity index (χ3n) is 4.85. The standard InChI is InChI=1S/C25H26Cl2N4O3S/c1-15(2)12-31(24(34)17-6-9-20(26)21(27)10-17)13-23(33)30-25-29-19(14-35-25)11-22(32)28-18-7-4-16(3)5-8-18/h4-10,14-15H,11-13H2,1-3H3,(H,28,32)(H,29,30,33). The van der Waals surface area contributed by atoms with Crippen molar-refractivity contribution in [2.45, 2.75) is 27.2 Å². The van der Waals surface area contributed by atoms with Gasteiger partial charge in [0.15, 0.2) is 5.13 Å². The van der Waals surface area contributed by atoms with Gasteiger partial charge in [0.05, 0.1) is 22.2 Å². The number of rotatable bonds is 9. The molecule has 0 fully saturated rings. The van der Waals surface area contributed by atoms with E-state index in [2.05, 4.69) is 15.6 Å². The summed E-state index contributed by atoms with van der Waals surface area (Å²) >= 11 is 13.2. The van der Waals surface area contributed by atoms with E-state index in [0.29, 0.717) is 33.6 Å². The molecule has 3 aromatic rings. The van der Waals surface area contributed by atoms with Crippen molar-refractivity contribution in [1.29, 1.82) is 0 Å². The minimum Gasteiger partial charge on any atom is -0.329 e. The zero-order valence-electron chi connectivity index (χ0n) is 19.6. The van der Waals surface area contributed by atoms with E-state index in [4.69, 9.17) is 23.2 Å². The van der Waals surface area contributed by atoms with Crippen LogP contribution in [-0.4, -0.2) is 40.7 Å². The van der Waals surface area contributed by atoms with E-state index in [1.165, 1.54) is 22.3 Å². The fraction of sp³-hybridized carbons (Fsp3) is 0.280. The maximum absolute atomic E-state index is 13.0. The number of benzene rings is 2. The van der Waals surface area contributed by atoms with Crippen molar-refractivity contribution in [3.05, 3.63) is 74.7 Å². The summed E-state index contributed by atoms with van der Waals surface area (Å²) in [7, 11) is 0. The Kier molecular flexibility index (Phi) is 9.26. The molecule has 1 aromatic heterocycles. The van der Waals surface area contributed by atoms with Gasteiger partial charge in [0.1, 0.15) is 6.54 Å². The van der Waals surface area contributed by atoms with Crippen LogP contribution in [0.1, 0.15) is 35.5 Å². The lowest BCUT2D eigenvalue weighted by atomic mass is 10.1. The molecule has 0 radical (unpaired) electrons. The summed E-state index contributed by atoms with van der Waals surface area (Å²) in [5.74, 6) is -0.760. The molecule has 184 valence electrons. The Balaban J connectivity index is 1.59. The molecule has 0 bridgehead atoms. The normalized spacial score (nSPS) is 10.8. The van der Waals surface area contributed by atoms with E-state index in [9.17, 15) is 14.4 Å². The van der Waals surface area contributed by atoms with Gasteiger partial charge >= 0.3 is 0 Å². The topological polar surface area (TPSA) is 91.4 Å². The van der Waals surface area contributed by atoms with E-state index in [1.54, 1.807) is 17.5 Å². The van der Waals surface area contributed by atoms with Gasteiger partial charge in [-0.25, -0.2) is 4.98 Å². The van der Waals surface area contributed by atoms with Gasteiger partial charge in [-0.15, -0.1) is 11.3 Å². The highest BCUT2D eigenvalue weighted by atomic mass is 35.5. The molecule has 0 spiro atoms. The highest BCUT2D eigenvalue weighted by molar-refractivity contribution is 7.13. The zero-order valence-corrected chi connectivity index (χ0v) is 21.9. The second-order valence-corrected chi connectivity index (χ2v) is 10.2. The van der Waals surface area contributed by atoms with Gasteiger partial charge in [-0.05, 0) is 43.2 Å². The van der Waals surface area contributed by atoms with Gasteiger partial charge in [0, 0.05) is 23.2 Å². The maximum atomic E-state index is 13.0. The van der Waals surface area contributed by atoms with E-state index in [0.717, 1.165) is 5.56 Å². The van der Waals surface area contributed by atoms with Gasteiger partial charge in [-0.1, -0.05) is 54.7 Å². The van der Waals surface area contributed by atoms with Crippen molar-refractivity contribution >= 4 is 63.1 Å². The van der Waals surface area contributed by atoms with Crippen molar-refractivity contribution in [3.8, 4) is 0 Å². The van der Waals surface area contributed by atoms with Gasteiger partial charge in [0.25, 0.3) is 5.91 Å². The molecule has 2 aromatic carbocycles. The van der Waals surface area contributed by atoms with E-state index >= 15 is 0 Å². The Labute approximate surface area is 218 Å². The van der Waals surface area contributed by atoms with Crippen molar-refractivity contribution in [1.82, 2.24) is 9.88 Å². The predicted molar refractivity (Wildman–Crippen MR) is 141 cm³/mol. The number of anilines is 2. The minimum atomic E-state index is -0.385. The molecule has 0 unspecified atom stereocenters. The highest BCUT2D eigenvalue weighted by Gasteiger charge is 2.21. The number of amides is 3. The van der Waals surface area contributed by atoms with Crippen LogP contribution in [0, 0.1) is 12.8 Å². The number of aromatic nitrogens is 1. The first-order chi connectivity index (χ1) is 16.6. The van der Waals surface area contributed by atoms with E-state index < -0.39 is 0 Å². The first kappa shape index (κ1) is 26.7. The average Bonchev–Trinajstić information content (AvgIpc) is 3.22. The molecule has 0 saturated carbocycles. The monoisotopic (exact) mass is 532 g/mol. The minimum absolute atomic E-state index is 0.0789. The van der Waals surface area contributed by atoms with Crippen molar-refractivity contribution in [3.63, 3.8) is 0 Å². The van der Waals surface area contributed by atoms with Crippen molar-refractivity contribution in [2.75, 3.05) is 23.7 Å². The molecule has 3 rings (SSSR count). The number of carbonyl (C=O) groups excluding carboxylic acids is 3. The molecule has 7 nitrogen and oxygen atoms in total. The summed E-state index contributed by atoms with van der Waals surface area (Å²) in [5.41, 5.74) is 2.71. The Hall–Kier alpha value is -2.94. The lowest BCUT2D eigenvalue weighted by molar-refractivity contribution is -0.117. The lowest BCUT2D eigenvalue weighted by Crippen LogP contribution is -2.40. The van der Waals surface area contributed by atoms with Crippen molar-refractivity contribution in [2.24, 2.45) is 5.92 Å². The third-order valence-corrected chi connectivity index (χ3v) is 6.39. The molecule has 35 heavy (non-hydrogen) atoms. The summed E-state index contributed by atoms with van der Waals surface area (Å²) in [6.45, 7) is 6.13. The van der Waals surface area contributed by atoms with Gasteiger partial charge in [0.2, 0.25) is 11.8 Å². The first-order valence-electron chi connectivity index (χ1n) is 11.0. The number of carbonyl (C=O) groups is 3.